The van der Waals surface area contributed by atoms with Crippen LogP contribution >= 0.6 is 0 Å². The number of carbonyl (C=O) groups is 2. The van der Waals surface area contributed by atoms with E-state index in [4.69, 9.17) is 18.9 Å². The molecular formula is C32H30N2O8S. The second-order valence-electron chi connectivity index (χ2n) is 10.0. The number of carbonyl (C=O) groups excluding carboxylic acids is 2. The van der Waals surface area contributed by atoms with Crippen molar-refractivity contribution < 1.29 is 37.0 Å². The third-order valence-electron chi connectivity index (χ3n) is 7.23. The van der Waals surface area contributed by atoms with Gasteiger partial charge in [0.15, 0.2) is 11.5 Å². The average Bonchev–Trinajstić information content (AvgIpc) is 3.35. The molecule has 2 aliphatic heterocycles. The molecular weight excluding hydrogens is 572 g/mol. The van der Waals surface area contributed by atoms with Gasteiger partial charge in [-0.1, -0.05) is 36.4 Å². The van der Waals surface area contributed by atoms with Crippen LogP contribution < -0.4 is 28.6 Å². The number of benzene rings is 4. The molecule has 10 nitrogen and oxygen atoms in total. The molecule has 0 aromatic heterocycles. The summed E-state index contributed by atoms with van der Waals surface area (Å²) in [5, 5.41) is 1.68. The van der Waals surface area contributed by atoms with E-state index in [1.165, 1.54) is 12.1 Å². The molecule has 4 aromatic rings. The topological polar surface area (TPSA) is 120 Å². The Labute approximate surface area is 249 Å². The van der Waals surface area contributed by atoms with Crippen LogP contribution in [0.2, 0.25) is 0 Å². The fourth-order valence-corrected chi connectivity index (χ4v) is 6.50. The van der Waals surface area contributed by atoms with E-state index in [2.05, 4.69) is 4.72 Å². The third-order valence-corrected chi connectivity index (χ3v) is 8.44. The highest BCUT2D eigenvalue weighted by Crippen LogP contribution is 2.46. The summed E-state index contributed by atoms with van der Waals surface area (Å²) < 4.78 is 50.8. The van der Waals surface area contributed by atoms with Crippen molar-refractivity contribution in [1.29, 1.82) is 0 Å². The zero-order valence-electron chi connectivity index (χ0n) is 23.7. The normalized spacial score (nSPS) is 14.0. The summed E-state index contributed by atoms with van der Waals surface area (Å²) in [4.78, 5) is 28.1. The lowest BCUT2D eigenvalue weighted by molar-refractivity contribution is 0.0976. The van der Waals surface area contributed by atoms with Gasteiger partial charge in [-0.15, -0.1) is 0 Å². The summed E-state index contributed by atoms with van der Waals surface area (Å²) in [5.41, 5.74) is 2.41. The van der Waals surface area contributed by atoms with Crippen LogP contribution in [0.15, 0.2) is 66.7 Å². The van der Waals surface area contributed by atoms with Crippen LogP contribution in [0.4, 0.5) is 5.69 Å². The van der Waals surface area contributed by atoms with Crippen molar-refractivity contribution in [2.24, 2.45) is 0 Å². The first-order chi connectivity index (χ1) is 20.8. The first-order valence-electron chi connectivity index (χ1n) is 14.0. The highest BCUT2D eigenvalue weighted by molar-refractivity contribution is 7.89. The maximum Gasteiger partial charge on any atom is 0.264 e. The van der Waals surface area contributed by atoms with E-state index in [9.17, 15) is 18.0 Å². The van der Waals surface area contributed by atoms with Crippen LogP contribution in [0.5, 0.6) is 23.0 Å². The van der Waals surface area contributed by atoms with E-state index in [1.807, 2.05) is 38.1 Å². The Morgan fingerprint density at radius 3 is 2.23 bits per heavy atom. The predicted octanol–water partition coefficient (Wildman–Crippen LogP) is 4.83. The molecule has 4 aromatic carbocycles. The minimum atomic E-state index is -4.02. The molecule has 2 aliphatic rings. The second kappa shape index (κ2) is 11.5. The van der Waals surface area contributed by atoms with E-state index >= 15 is 0 Å². The fourth-order valence-electron chi connectivity index (χ4n) is 5.39. The zero-order valence-corrected chi connectivity index (χ0v) is 24.5. The number of amides is 2. The molecule has 0 saturated carbocycles. The van der Waals surface area contributed by atoms with Gasteiger partial charge >= 0.3 is 0 Å². The smallest absolute Gasteiger partial charge is 0.264 e. The van der Waals surface area contributed by atoms with E-state index < -0.39 is 21.7 Å². The van der Waals surface area contributed by atoms with Crippen LogP contribution in [-0.2, 0) is 22.3 Å². The van der Waals surface area contributed by atoms with Crippen molar-refractivity contribution in [3.8, 4) is 23.0 Å². The van der Waals surface area contributed by atoms with Gasteiger partial charge in [-0.05, 0) is 49.7 Å². The van der Waals surface area contributed by atoms with Crippen LogP contribution in [-0.4, -0.2) is 46.7 Å². The average molecular weight is 603 g/mol. The Morgan fingerprint density at radius 1 is 0.884 bits per heavy atom. The van der Waals surface area contributed by atoms with Crippen molar-refractivity contribution in [3.05, 3.63) is 89.0 Å². The summed E-state index contributed by atoms with van der Waals surface area (Å²) in [6.45, 7) is 5.64. The lowest BCUT2D eigenvalue weighted by Crippen LogP contribution is -2.31. The van der Waals surface area contributed by atoms with Gasteiger partial charge in [0.25, 0.3) is 11.8 Å². The molecule has 0 fully saturated rings. The molecule has 1 N–H and O–H groups in total. The van der Waals surface area contributed by atoms with E-state index in [0.29, 0.717) is 66.2 Å². The van der Waals surface area contributed by atoms with Crippen molar-refractivity contribution in [3.63, 3.8) is 0 Å². The van der Waals surface area contributed by atoms with Crippen LogP contribution in [0.1, 0.15) is 45.7 Å². The number of hydrogen-bond acceptors (Lipinski definition) is 8. The number of anilines is 1. The summed E-state index contributed by atoms with van der Waals surface area (Å²) in [6, 6.07) is 18.8. The van der Waals surface area contributed by atoms with Gasteiger partial charge in [0.1, 0.15) is 24.7 Å². The second-order valence-corrected chi connectivity index (χ2v) is 11.8. The number of fused-ring (bicyclic) bond motifs is 3. The highest BCUT2D eigenvalue weighted by atomic mass is 32.2. The largest absolute Gasteiger partial charge is 0.493 e. The Kier molecular flexibility index (Phi) is 7.57. The molecule has 222 valence electrons. The number of rotatable bonds is 9. The molecule has 6 rings (SSSR count). The quantitative estimate of drug-likeness (QED) is 0.289. The monoisotopic (exact) mass is 602 g/mol. The van der Waals surface area contributed by atoms with Crippen molar-refractivity contribution in [2.75, 3.05) is 31.3 Å². The Morgan fingerprint density at radius 2 is 1.53 bits per heavy atom. The van der Waals surface area contributed by atoms with Crippen LogP contribution in [0.25, 0.3) is 10.8 Å². The Balaban J connectivity index is 1.21. The number of nitrogens with one attached hydrogen (secondary N) is 1. The molecule has 0 atom stereocenters. The molecule has 0 spiro atoms. The first kappa shape index (κ1) is 28.4. The fraction of sp³-hybridized carbons (Fsp3) is 0.250. The third kappa shape index (κ3) is 5.43. The highest BCUT2D eigenvalue weighted by Gasteiger charge is 2.36. The predicted molar refractivity (Wildman–Crippen MR) is 161 cm³/mol. The Bertz CT molecular complexity index is 1840. The Hall–Kier alpha value is -4.77. The van der Waals surface area contributed by atoms with Crippen molar-refractivity contribution >= 4 is 38.3 Å². The number of sulfonamides is 1. The van der Waals surface area contributed by atoms with Gasteiger partial charge in [0.05, 0.1) is 31.1 Å². The summed E-state index contributed by atoms with van der Waals surface area (Å²) in [7, 11) is -4.02. The minimum absolute atomic E-state index is 0.140. The molecule has 0 unspecified atom stereocenters. The zero-order chi connectivity index (χ0) is 30.1. The first-order valence-corrected chi connectivity index (χ1v) is 15.6. The summed E-state index contributed by atoms with van der Waals surface area (Å²) in [6.07, 6.45) is 0. The number of ether oxygens (including phenoxy) is 4. The maximum atomic E-state index is 13.8. The number of nitrogens with zero attached hydrogens (tertiary/aromatic N) is 1. The van der Waals surface area contributed by atoms with Gasteiger partial charge in [-0.3, -0.25) is 9.59 Å². The standard InChI is InChI=1S/C32H30N2O8S/c1-3-39-29-23-7-5-6-8-24(23)30(40-4-2)28-25(29)18-34(32(28)36)22-12-9-20(10-13-22)19-43(37,38)33-31(35)21-11-14-26-27(17-21)42-16-15-41-26/h5-14,17H,3-4,15-16,18-19H2,1-2H3,(H,33,35). The molecule has 43 heavy (non-hydrogen) atoms. The van der Waals surface area contributed by atoms with E-state index in [-0.39, 0.29) is 18.0 Å². The van der Waals surface area contributed by atoms with Crippen LogP contribution in [0.3, 0.4) is 0 Å². The van der Waals surface area contributed by atoms with E-state index in [1.54, 1.807) is 35.2 Å². The molecule has 11 heteroatoms. The van der Waals surface area contributed by atoms with Gasteiger partial charge in [-0.2, -0.15) is 0 Å². The summed E-state index contributed by atoms with van der Waals surface area (Å²) in [5.74, 6) is 0.659. The van der Waals surface area contributed by atoms with E-state index in [0.717, 1.165) is 16.3 Å². The van der Waals surface area contributed by atoms with Crippen molar-refractivity contribution in [2.45, 2.75) is 26.1 Å². The van der Waals surface area contributed by atoms with Gasteiger partial charge < -0.3 is 23.8 Å². The SMILES string of the molecule is CCOc1c2c(c(OCC)c3ccccc13)C(=O)N(c1ccc(CS(=O)(=O)NC(=O)c3ccc4c(c3)OCCO4)cc1)C2. The van der Waals surface area contributed by atoms with Gasteiger partial charge in [-0.25, -0.2) is 13.1 Å². The molecule has 0 aliphatic carbocycles. The van der Waals surface area contributed by atoms with Gasteiger partial charge in [0.2, 0.25) is 10.0 Å². The number of hydrogen-bond donors (Lipinski definition) is 1. The summed E-state index contributed by atoms with van der Waals surface area (Å²) >= 11 is 0. The molecule has 0 saturated heterocycles. The maximum absolute atomic E-state index is 13.8. The molecule has 0 radical (unpaired) electrons. The lowest BCUT2D eigenvalue weighted by atomic mass is 9.99. The molecule has 2 amide bonds. The minimum Gasteiger partial charge on any atom is -0.493 e. The van der Waals surface area contributed by atoms with Gasteiger partial charge in [0, 0.05) is 27.6 Å². The lowest BCUT2D eigenvalue weighted by Gasteiger charge is -2.18. The van der Waals surface area contributed by atoms with Crippen LogP contribution in [0, 0.1) is 0 Å². The molecule has 2 heterocycles. The van der Waals surface area contributed by atoms with Crippen molar-refractivity contribution in [1.82, 2.24) is 4.72 Å². The molecule has 0 bridgehead atoms.